The van der Waals surface area contributed by atoms with Crippen LogP contribution in [0, 0.1) is 11.8 Å². The molecule has 2 aliphatic heterocycles. The number of hydrogen-bond donors (Lipinski definition) is 1. The Labute approximate surface area is 166 Å². The van der Waals surface area contributed by atoms with E-state index in [1.54, 1.807) is 4.90 Å². The summed E-state index contributed by atoms with van der Waals surface area (Å²) in [5.74, 6) is 1.46. The van der Waals surface area contributed by atoms with Crippen molar-refractivity contribution in [2.75, 3.05) is 31.1 Å². The van der Waals surface area contributed by atoms with Gasteiger partial charge in [0.1, 0.15) is 0 Å². The van der Waals surface area contributed by atoms with Gasteiger partial charge in [-0.05, 0) is 44.2 Å². The summed E-state index contributed by atoms with van der Waals surface area (Å²) < 4.78 is 0. The van der Waals surface area contributed by atoms with Crippen LogP contribution in [0.4, 0.5) is 5.13 Å². The van der Waals surface area contributed by atoms with Crippen LogP contribution in [-0.2, 0) is 16.0 Å². The smallest absolute Gasteiger partial charge is 0.228 e. The number of anilines is 1. The van der Waals surface area contributed by atoms with Gasteiger partial charge in [0.05, 0.1) is 12.1 Å². The van der Waals surface area contributed by atoms with Gasteiger partial charge in [0.2, 0.25) is 11.8 Å². The number of likely N-dealkylation sites (tertiary alicyclic amines) is 1. The van der Waals surface area contributed by atoms with Gasteiger partial charge in [-0.1, -0.05) is 20.8 Å². The van der Waals surface area contributed by atoms with Gasteiger partial charge in [0.15, 0.2) is 5.13 Å². The fourth-order valence-corrected chi connectivity index (χ4v) is 4.81. The first-order valence-corrected chi connectivity index (χ1v) is 11.1. The molecule has 0 spiro atoms. The summed E-state index contributed by atoms with van der Waals surface area (Å²) >= 11 is 1.45. The molecule has 0 aromatic carbocycles. The third-order valence-corrected chi connectivity index (χ3v) is 6.66. The van der Waals surface area contributed by atoms with Crippen molar-refractivity contribution in [3.8, 4) is 0 Å². The molecule has 0 aliphatic carbocycles. The van der Waals surface area contributed by atoms with Gasteiger partial charge in [-0.15, -0.1) is 11.3 Å². The number of nitrogens with zero attached hydrogens (tertiary/aromatic N) is 3. The number of amides is 2. The maximum Gasteiger partial charge on any atom is 0.228 e. The van der Waals surface area contributed by atoms with Crippen molar-refractivity contribution in [2.45, 2.75) is 58.9 Å². The van der Waals surface area contributed by atoms with E-state index < -0.39 is 0 Å². The molecular weight excluding hydrogens is 360 g/mol. The Morgan fingerprint density at radius 2 is 2.07 bits per heavy atom. The molecule has 1 unspecified atom stereocenters. The molecule has 2 amide bonds. The Morgan fingerprint density at radius 1 is 1.33 bits per heavy atom. The first kappa shape index (κ1) is 20.3. The Hall–Kier alpha value is -1.47. The highest BCUT2D eigenvalue weighted by Crippen LogP contribution is 2.25. The molecule has 1 aromatic rings. The minimum absolute atomic E-state index is 0.00984. The maximum atomic E-state index is 12.4. The summed E-state index contributed by atoms with van der Waals surface area (Å²) in [7, 11) is 0. The third-order valence-electron chi connectivity index (χ3n) is 5.75. The molecule has 0 saturated carbocycles. The van der Waals surface area contributed by atoms with E-state index in [2.05, 4.69) is 36.0 Å². The van der Waals surface area contributed by atoms with Crippen molar-refractivity contribution >= 4 is 28.3 Å². The van der Waals surface area contributed by atoms with Crippen molar-refractivity contribution in [3.63, 3.8) is 0 Å². The molecular formula is C20H32N4O2S. The molecule has 0 bridgehead atoms. The van der Waals surface area contributed by atoms with Gasteiger partial charge in [-0.25, -0.2) is 4.98 Å². The van der Waals surface area contributed by atoms with E-state index in [9.17, 15) is 9.59 Å². The van der Waals surface area contributed by atoms with E-state index in [0.717, 1.165) is 42.8 Å². The van der Waals surface area contributed by atoms with Crippen LogP contribution in [0.25, 0.3) is 0 Å². The average molecular weight is 393 g/mol. The summed E-state index contributed by atoms with van der Waals surface area (Å²) in [6, 6.07) is 0.384. The van der Waals surface area contributed by atoms with Crippen molar-refractivity contribution < 1.29 is 9.59 Å². The number of hydrogen-bond acceptors (Lipinski definition) is 5. The lowest BCUT2D eigenvalue weighted by atomic mass is 9.94. The lowest BCUT2D eigenvalue weighted by Gasteiger charge is -2.38. The van der Waals surface area contributed by atoms with Crippen LogP contribution in [0.2, 0.25) is 0 Å². The zero-order valence-corrected chi connectivity index (χ0v) is 17.6. The van der Waals surface area contributed by atoms with Crippen LogP contribution >= 0.6 is 11.3 Å². The van der Waals surface area contributed by atoms with Crippen molar-refractivity contribution in [1.29, 1.82) is 0 Å². The van der Waals surface area contributed by atoms with Crippen molar-refractivity contribution in [3.05, 3.63) is 11.1 Å². The molecule has 1 atom stereocenters. The second-order valence-corrected chi connectivity index (χ2v) is 9.12. The Kier molecular flexibility index (Phi) is 6.87. The number of piperidine rings is 1. The summed E-state index contributed by atoms with van der Waals surface area (Å²) in [4.78, 5) is 33.0. The van der Waals surface area contributed by atoms with Gasteiger partial charge >= 0.3 is 0 Å². The van der Waals surface area contributed by atoms with Crippen molar-refractivity contribution in [2.24, 2.45) is 11.8 Å². The number of carbonyl (C=O) groups is 2. The van der Waals surface area contributed by atoms with Crippen molar-refractivity contribution in [1.82, 2.24) is 15.2 Å². The molecule has 1 aromatic heterocycles. The molecule has 2 fully saturated rings. The minimum Gasteiger partial charge on any atom is -0.354 e. The second kappa shape index (κ2) is 9.15. The van der Waals surface area contributed by atoms with E-state index in [1.807, 2.05) is 5.38 Å². The molecule has 2 aliphatic rings. The molecule has 150 valence electrons. The predicted octanol–water partition coefficient (Wildman–Crippen LogP) is 2.69. The Balaban J connectivity index is 1.49. The van der Waals surface area contributed by atoms with E-state index in [0.29, 0.717) is 24.9 Å². The standard InChI is InChI=1S/C20H32N4O2S/c1-14(2)17(23-9-6-15(3)7-10-23)12-21-18(25)11-16-13-27-20(22-16)24-8-4-5-19(24)26/h13-15,17H,4-12H2,1-3H3,(H,21,25). The molecule has 6 nitrogen and oxygen atoms in total. The molecule has 27 heavy (non-hydrogen) atoms. The monoisotopic (exact) mass is 392 g/mol. The highest BCUT2D eigenvalue weighted by Gasteiger charge is 2.27. The molecule has 3 heterocycles. The lowest BCUT2D eigenvalue weighted by molar-refractivity contribution is -0.121. The fraction of sp³-hybridized carbons (Fsp3) is 0.750. The van der Waals surface area contributed by atoms with E-state index in [1.165, 1.54) is 24.2 Å². The normalized spacial score (nSPS) is 20.4. The minimum atomic E-state index is 0.00984. The zero-order chi connectivity index (χ0) is 19.4. The predicted molar refractivity (Wildman–Crippen MR) is 109 cm³/mol. The highest BCUT2D eigenvalue weighted by atomic mass is 32.1. The van der Waals surface area contributed by atoms with Gasteiger partial charge in [-0.2, -0.15) is 0 Å². The average Bonchev–Trinajstić information content (AvgIpc) is 3.25. The molecule has 1 N–H and O–H groups in total. The Bertz CT molecular complexity index is 652. The number of aromatic nitrogens is 1. The summed E-state index contributed by atoms with van der Waals surface area (Å²) in [6.45, 7) is 10.5. The van der Waals surface area contributed by atoms with E-state index in [4.69, 9.17) is 0 Å². The number of rotatable bonds is 7. The topological polar surface area (TPSA) is 65.5 Å². The van der Waals surface area contributed by atoms with Crippen LogP contribution in [0.3, 0.4) is 0 Å². The summed E-state index contributed by atoms with van der Waals surface area (Å²) in [5.41, 5.74) is 0.750. The first-order chi connectivity index (χ1) is 12.9. The molecule has 0 radical (unpaired) electrons. The zero-order valence-electron chi connectivity index (χ0n) is 16.7. The van der Waals surface area contributed by atoms with Crippen LogP contribution in [0.1, 0.15) is 52.1 Å². The summed E-state index contributed by atoms with van der Waals surface area (Å²) in [6.07, 6.45) is 4.25. The second-order valence-electron chi connectivity index (χ2n) is 8.28. The van der Waals surface area contributed by atoms with Crippen LogP contribution in [-0.4, -0.2) is 53.9 Å². The molecule has 7 heteroatoms. The van der Waals surface area contributed by atoms with E-state index in [-0.39, 0.29) is 18.2 Å². The lowest BCUT2D eigenvalue weighted by Crippen LogP contribution is -2.49. The van der Waals surface area contributed by atoms with Gasteiger partial charge in [0.25, 0.3) is 0 Å². The number of carbonyl (C=O) groups excluding carboxylic acids is 2. The number of thiazole rings is 1. The molecule has 2 saturated heterocycles. The maximum absolute atomic E-state index is 12.4. The van der Waals surface area contributed by atoms with Crippen LogP contribution in [0.5, 0.6) is 0 Å². The van der Waals surface area contributed by atoms with Gasteiger partial charge in [-0.3, -0.25) is 19.4 Å². The van der Waals surface area contributed by atoms with E-state index >= 15 is 0 Å². The highest BCUT2D eigenvalue weighted by molar-refractivity contribution is 7.14. The SMILES string of the molecule is CC1CCN(C(CNC(=O)Cc2csc(N3CCCC3=O)n2)C(C)C)CC1. The van der Waals surface area contributed by atoms with Crippen LogP contribution < -0.4 is 10.2 Å². The fourth-order valence-electron chi connectivity index (χ4n) is 3.94. The summed E-state index contributed by atoms with van der Waals surface area (Å²) in [5, 5.41) is 5.73. The quantitative estimate of drug-likeness (QED) is 0.775. The number of nitrogens with one attached hydrogen (secondary N) is 1. The third kappa shape index (κ3) is 5.29. The largest absolute Gasteiger partial charge is 0.354 e. The van der Waals surface area contributed by atoms with Gasteiger partial charge in [0, 0.05) is 30.9 Å². The molecule has 3 rings (SSSR count). The first-order valence-electron chi connectivity index (χ1n) is 10.2. The van der Waals surface area contributed by atoms with Crippen LogP contribution in [0.15, 0.2) is 5.38 Å². The Morgan fingerprint density at radius 3 is 2.70 bits per heavy atom. The van der Waals surface area contributed by atoms with Gasteiger partial charge < -0.3 is 5.32 Å².